The van der Waals surface area contributed by atoms with Crippen LogP contribution in [0.15, 0.2) is 48.5 Å². The highest BCUT2D eigenvalue weighted by Gasteiger charge is 2.28. The molecule has 0 spiro atoms. The number of hydrogen-bond donors (Lipinski definition) is 1. The quantitative estimate of drug-likeness (QED) is 0.938. The minimum Gasteiger partial charge on any atom is -0.322 e. The lowest BCUT2D eigenvalue weighted by atomic mass is 10.2. The van der Waals surface area contributed by atoms with Gasteiger partial charge in [-0.05, 0) is 48.9 Å². The van der Waals surface area contributed by atoms with E-state index in [1.807, 2.05) is 0 Å². The number of rotatable bonds is 3. The zero-order valence-electron chi connectivity index (χ0n) is 12.2. The first-order valence-corrected chi connectivity index (χ1v) is 8.74. The summed E-state index contributed by atoms with van der Waals surface area (Å²) in [5.41, 5.74) is 1.28. The lowest BCUT2D eigenvalue weighted by Crippen LogP contribution is -2.25. The van der Waals surface area contributed by atoms with Gasteiger partial charge in [-0.2, -0.15) is 0 Å². The molecule has 1 N–H and O–H groups in total. The summed E-state index contributed by atoms with van der Waals surface area (Å²) in [7, 11) is -3.24. The predicted octanol–water partition coefficient (Wildman–Crippen LogP) is 2.62. The molecule has 0 unspecified atom stereocenters. The van der Waals surface area contributed by atoms with Gasteiger partial charge in [0.2, 0.25) is 10.0 Å². The number of anilines is 2. The molecule has 1 amide bonds. The molecule has 0 aliphatic carbocycles. The number of carbonyl (C=O) groups is 1. The van der Waals surface area contributed by atoms with Crippen LogP contribution in [0.5, 0.6) is 0 Å². The maximum atomic E-state index is 13.1. The van der Waals surface area contributed by atoms with E-state index >= 15 is 0 Å². The zero-order valence-corrected chi connectivity index (χ0v) is 13.0. The van der Waals surface area contributed by atoms with Crippen molar-refractivity contribution >= 4 is 27.3 Å². The average molecular weight is 334 g/mol. The number of nitrogens with one attached hydrogen (secondary N) is 1. The average Bonchev–Trinajstić information content (AvgIpc) is 2.87. The Labute approximate surface area is 133 Å². The summed E-state index contributed by atoms with van der Waals surface area (Å²) in [5.74, 6) is -0.668. The third-order valence-corrected chi connectivity index (χ3v) is 5.47. The van der Waals surface area contributed by atoms with Crippen LogP contribution in [-0.4, -0.2) is 26.6 Å². The van der Waals surface area contributed by atoms with Gasteiger partial charge in [0.25, 0.3) is 5.91 Å². The van der Waals surface area contributed by atoms with Gasteiger partial charge in [0.15, 0.2) is 0 Å². The number of amides is 1. The lowest BCUT2D eigenvalue weighted by molar-refractivity contribution is 0.102. The van der Waals surface area contributed by atoms with Crippen molar-refractivity contribution in [1.29, 1.82) is 0 Å². The van der Waals surface area contributed by atoms with E-state index in [2.05, 4.69) is 5.32 Å². The van der Waals surface area contributed by atoms with Gasteiger partial charge in [-0.3, -0.25) is 9.10 Å². The van der Waals surface area contributed by atoms with Crippen molar-refractivity contribution in [3.8, 4) is 0 Å². The van der Waals surface area contributed by atoms with Crippen LogP contribution in [0.25, 0.3) is 0 Å². The summed E-state index contributed by atoms with van der Waals surface area (Å²) in [6, 6.07) is 11.9. The lowest BCUT2D eigenvalue weighted by Gasteiger charge is -2.17. The van der Waals surface area contributed by atoms with Crippen molar-refractivity contribution in [1.82, 2.24) is 0 Å². The Bertz CT molecular complexity index is 835. The molecule has 1 aliphatic heterocycles. The Kier molecular flexibility index (Phi) is 4.04. The number of hydrogen-bond acceptors (Lipinski definition) is 3. The molecule has 0 aromatic heterocycles. The molecule has 0 atom stereocenters. The summed E-state index contributed by atoms with van der Waals surface area (Å²) >= 11 is 0. The smallest absolute Gasteiger partial charge is 0.255 e. The second-order valence-electron chi connectivity index (χ2n) is 5.25. The first-order chi connectivity index (χ1) is 11.0. The highest BCUT2D eigenvalue weighted by atomic mass is 32.2. The number of carbonyl (C=O) groups excluding carboxylic acids is 1. The molecule has 0 saturated carbocycles. The molecule has 1 saturated heterocycles. The summed E-state index contributed by atoms with van der Waals surface area (Å²) in [6.07, 6.45) is 0.601. The van der Waals surface area contributed by atoms with Crippen molar-refractivity contribution in [2.45, 2.75) is 6.42 Å². The van der Waals surface area contributed by atoms with Crippen molar-refractivity contribution in [3.63, 3.8) is 0 Å². The summed E-state index contributed by atoms with van der Waals surface area (Å²) in [6.45, 7) is 0.456. The Morgan fingerprint density at radius 1 is 1.13 bits per heavy atom. The van der Waals surface area contributed by atoms with Gasteiger partial charge in [0.05, 0.1) is 11.4 Å². The molecule has 0 bridgehead atoms. The van der Waals surface area contributed by atoms with Crippen LogP contribution < -0.4 is 9.62 Å². The number of nitrogens with zero attached hydrogens (tertiary/aromatic N) is 1. The summed E-state index contributed by atoms with van der Waals surface area (Å²) in [5, 5.41) is 2.59. The highest BCUT2D eigenvalue weighted by molar-refractivity contribution is 7.93. The molecule has 1 heterocycles. The van der Waals surface area contributed by atoms with E-state index in [0.29, 0.717) is 29.9 Å². The first kappa shape index (κ1) is 15.5. The molecule has 23 heavy (non-hydrogen) atoms. The number of halogens is 1. The molecular weight excluding hydrogens is 319 g/mol. The van der Waals surface area contributed by atoms with Gasteiger partial charge in [-0.1, -0.05) is 6.07 Å². The van der Waals surface area contributed by atoms with Crippen LogP contribution in [0.1, 0.15) is 16.8 Å². The van der Waals surface area contributed by atoms with E-state index in [0.717, 1.165) is 0 Å². The molecular formula is C16H15FN2O3S. The van der Waals surface area contributed by atoms with E-state index in [1.165, 1.54) is 22.5 Å². The van der Waals surface area contributed by atoms with E-state index in [4.69, 9.17) is 0 Å². The van der Waals surface area contributed by atoms with Crippen LogP contribution in [0, 0.1) is 5.82 Å². The van der Waals surface area contributed by atoms with E-state index in [-0.39, 0.29) is 11.7 Å². The molecule has 2 aromatic rings. The van der Waals surface area contributed by atoms with Crippen molar-refractivity contribution < 1.29 is 17.6 Å². The van der Waals surface area contributed by atoms with Gasteiger partial charge in [-0.15, -0.1) is 0 Å². The van der Waals surface area contributed by atoms with Crippen LogP contribution >= 0.6 is 0 Å². The molecule has 1 aliphatic rings. The normalized spacial score (nSPS) is 16.3. The SMILES string of the molecule is O=C(Nc1cccc(F)c1)c1ccc(N2CCCS2(=O)=O)cc1. The molecule has 1 fully saturated rings. The van der Waals surface area contributed by atoms with E-state index < -0.39 is 15.8 Å². The Balaban J connectivity index is 1.75. The third-order valence-electron chi connectivity index (χ3n) is 3.60. The second kappa shape index (κ2) is 6.00. The molecule has 2 aromatic carbocycles. The second-order valence-corrected chi connectivity index (χ2v) is 7.27. The fourth-order valence-electron chi connectivity index (χ4n) is 2.48. The highest BCUT2D eigenvalue weighted by Crippen LogP contribution is 2.24. The van der Waals surface area contributed by atoms with E-state index in [1.54, 1.807) is 30.3 Å². The van der Waals surface area contributed by atoms with Crippen molar-refractivity contribution in [3.05, 3.63) is 59.9 Å². The maximum Gasteiger partial charge on any atom is 0.255 e. The van der Waals surface area contributed by atoms with Crippen LogP contribution in [0.2, 0.25) is 0 Å². The largest absolute Gasteiger partial charge is 0.322 e. The number of sulfonamides is 1. The minimum absolute atomic E-state index is 0.148. The first-order valence-electron chi connectivity index (χ1n) is 7.13. The van der Waals surface area contributed by atoms with Crippen molar-refractivity contribution in [2.75, 3.05) is 21.9 Å². The summed E-state index contributed by atoms with van der Waals surface area (Å²) in [4.78, 5) is 12.1. The van der Waals surface area contributed by atoms with Gasteiger partial charge in [-0.25, -0.2) is 12.8 Å². The topological polar surface area (TPSA) is 66.5 Å². The Morgan fingerprint density at radius 2 is 1.87 bits per heavy atom. The van der Waals surface area contributed by atoms with Gasteiger partial charge in [0, 0.05) is 17.8 Å². The standard InChI is InChI=1S/C16H15FN2O3S/c17-13-3-1-4-14(11-13)18-16(20)12-5-7-15(8-6-12)19-9-2-10-23(19,21)22/h1,3-8,11H,2,9-10H2,(H,18,20). The minimum atomic E-state index is -3.24. The van der Waals surface area contributed by atoms with E-state index in [9.17, 15) is 17.6 Å². The molecule has 7 heteroatoms. The Hall–Kier alpha value is -2.41. The molecule has 5 nitrogen and oxygen atoms in total. The van der Waals surface area contributed by atoms with Gasteiger partial charge >= 0.3 is 0 Å². The molecule has 120 valence electrons. The molecule has 3 rings (SSSR count). The fraction of sp³-hybridized carbons (Fsp3) is 0.188. The molecule has 0 radical (unpaired) electrons. The third kappa shape index (κ3) is 3.34. The summed E-state index contributed by atoms with van der Waals surface area (Å²) < 4.78 is 38.2. The van der Waals surface area contributed by atoms with Crippen LogP contribution in [0.4, 0.5) is 15.8 Å². The van der Waals surface area contributed by atoms with Gasteiger partial charge < -0.3 is 5.32 Å². The monoisotopic (exact) mass is 334 g/mol. The van der Waals surface area contributed by atoms with Crippen LogP contribution in [-0.2, 0) is 10.0 Å². The van der Waals surface area contributed by atoms with Crippen molar-refractivity contribution in [2.24, 2.45) is 0 Å². The van der Waals surface area contributed by atoms with Crippen LogP contribution in [0.3, 0.4) is 0 Å². The number of benzene rings is 2. The maximum absolute atomic E-state index is 13.1. The zero-order chi connectivity index (χ0) is 16.4. The fourth-order valence-corrected chi connectivity index (χ4v) is 4.04. The Morgan fingerprint density at radius 3 is 2.48 bits per heavy atom. The predicted molar refractivity (Wildman–Crippen MR) is 86.5 cm³/mol. The van der Waals surface area contributed by atoms with Gasteiger partial charge in [0.1, 0.15) is 5.82 Å².